The number of rotatable bonds is 12. The average molecular weight is 553 g/mol. The summed E-state index contributed by atoms with van der Waals surface area (Å²) in [5, 5.41) is 2.95. The molecule has 2 rings (SSSR count). The van der Waals surface area contributed by atoms with Crippen LogP contribution in [0, 0.1) is 0 Å². The second-order valence-electron chi connectivity index (χ2n) is 8.42. The number of halogens is 1. The molecule has 0 heterocycles. The van der Waals surface area contributed by atoms with Crippen molar-refractivity contribution >= 4 is 43.5 Å². The maximum atomic E-state index is 13.3. The smallest absolute Gasteiger partial charge is 0.242 e. The number of anilines is 1. The molecular weight excluding hydrogens is 518 g/mol. The number of sulfonamides is 1. The molecule has 1 N–H and O–H groups in total. The quantitative estimate of drug-likeness (QED) is 0.425. The summed E-state index contributed by atoms with van der Waals surface area (Å²) in [6.07, 6.45) is 2.39. The fraction of sp³-hybridized carbons (Fsp3) is 0.440. The monoisotopic (exact) mass is 551 g/mol. The van der Waals surface area contributed by atoms with E-state index in [-0.39, 0.29) is 37.4 Å². The first-order chi connectivity index (χ1) is 16.0. The lowest BCUT2D eigenvalue weighted by atomic mass is 10.1. The summed E-state index contributed by atoms with van der Waals surface area (Å²) >= 11 is 3.45. The zero-order valence-corrected chi connectivity index (χ0v) is 22.6. The van der Waals surface area contributed by atoms with E-state index in [2.05, 4.69) is 21.2 Å². The third-order valence-electron chi connectivity index (χ3n) is 5.61. The lowest BCUT2D eigenvalue weighted by Gasteiger charge is -2.30. The van der Waals surface area contributed by atoms with Gasteiger partial charge in [0.2, 0.25) is 21.8 Å². The highest BCUT2D eigenvalue weighted by atomic mass is 79.9. The summed E-state index contributed by atoms with van der Waals surface area (Å²) in [7, 11) is -3.50. The molecule has 0 aliphatic rings. The van der Waals surface area contributed by atoms with Gasteiger partial charge in [-0.15, -0.1) is 0 Å². The molecule has 9 heteroatoms. The molecule has 2 aromatic carbocycles. The Hall–Kier alpha value is -2.39. The van der Waals surface area contributed by atoms with E-state index in [1.165, 1.54) is 4.31 Å². The van der Waals surface area contributed by atoms with Crippen molar-refractivity contribution in [1.29, 1.82) is 0 Å². The first kappa shape index (κ1) is 27.9. The van der Waals surface area contributed by atoms with Gasteiger partial charge >= 0.3 is 0 Å². The van der Waals surface area contributed by atoms with Gasteiger partial charge in [0.1, 0.15) is 6.04 Å². The number of para-hydroxylation sites is 1. The molecule has 0 saturated heterocycles. The molecule has 0 saturated carbocycles. The van der Waals surface area contributed by atoms with Gasteiger partial charge in [0.05, 0.1) is 11.9 Å². The second-order valence-corrected chi connectivity index (χ2v) is 11.2. The van der Waals surface area contributed by atoms with Gasteiger partial charge in [-0.2, -0.15) is 0 Å². The Morgan fingerprint density at radius 1 is 1.06 bits per heavy atom. The molecule has 0 aliphatic heterocycles. The van der Waals surface area contributed by atoms with Gasteiger partial charge in [-0.25, -0.2) is 8.42 Å². The van der Waals surface area contributed by atoms with Gasteiger partial charge in [0.15, 0.2) is 0 Å². The number of carbonyl (C=O) groups excluding carboxylic acids is 2. The Labute approximate surface area is 211 Å². The Balaban J connectivity index is 2.15. The lowest BCUT2D eigenvalue weighted by Crippen LogP contribution is -2.49. The molecule has 2 atom stereocenters. The minimum absolute atomic E-state index is 0.00645. The Bertz CT molecular complexity index is 1060. The molecule has 0 aromatic heterocycles. The standard InChI is InChI=1S/C25H34BrN3O4S/c1-5-19(2)27-25(31)20(3)28(18-21-11-9-12-22(26)17-21)24(30)15-10-16-29(34(4,32)33)23-13-7-6-8-14-23/h6-9,11-14,17,19-20H,5,10,15-16,18H2,1-4H3,(H,27,31)/t19-,20+/m1/s1. The number of carbonyl (C=O) groups is 2. The summed E-state index contributed by atoms with van der Waals surface area (Å²) < 4.78 is 26.8. The maximum Gasteiger partial charge on any atom is 0.242 e. The largest absolute Gasteiger partial charge is 0.352 e. The van der Waals surface area contributed by atoms with E-state index < -0.39 is 16.1 Å². The molecule has 2 amide bonds. The molecule has 34 heavy (non-hydrogen) atoms. The number of amides is 2. The number of hydrogen-bond acceptors (Lipinski definition) is 4. The third-order valence-corrected chi connectivity index (χ3v) is 7.29. The van der Waals surface area contributed by atoms with Crippen LogP contribution in [-0.4, -0.2) is 50.0 Å². The van der Waals surface area contributed by atoms with Crippen LogP contribution < -0.4 is 9.62 Å². The number of hydrogen-bond donors (Lipinski definition) is 1. The molecule has 7 nitrogen and oxygen atoms in total. The van der Waals surface area contributed by atoms with Crippen molar-refractivity contribution in [3.05, 3.63) is 64.6 Å². The van der Waals surface area contributed by atoms with Gasteiger partial charge < -0.3 is 10.2 Å². The fourth-order valence-electron chi connectivity index (χ4n) is 3.48. The van der Waals surface area contributed by atoms with Crippen LogP contribution in [0.1, 0.15) is 45.6 Å². The van der Waals surface area contributed by atoms with E-state index in [0.29, 0.717) is 12.1 Å². The Morgan fingerprint density at radius 3 is 2.32 bits per heavy atom. The summed E-state index contributed by atoms with van der Waals surface area (Å²) in [6.45, 7) is 6.09. The lowest BCUT2D eigenvalue weighted by molar-refractivity contribution is -0.140. The highest BCUT2D eigenvalue weighted by Crippen LogP contribution is 2.19. The molecule has 0 bridgehead atoms. The van der Waals surface area contributed by atoms with E-state index in [4.69, 9.17) is 0 Å². The Morgan fingerprint density at radius 2 is 1.74 bits per heavy atom. The van der Waals surface area contributed by atoms with Gasteiger partial charge in [0.25, 0.3) is 0 Å². The van der Waals surface area contributed by atoms with Crippen molar-refractivity contribution in [2.24, 2.45) is 0 Å². The molecule has 186 valence electrons. The normalized spacial score (nSPS) is 13.1. The van der Waals surface area contributed by atoms with Crippen LogP contribution >= 0.6 is 15.9 Å². The summed E-state index contributed by atoms with van der Waals surface area (Å²) in [5.74, 6) is -0.409. The van der Waals surface area contributed by atoms with Crippen LogP contribution in [0.4, 0.5) is 5.69 Å². The van der Waals surface area contributed by atoms with Crippen LogP contribution in [0.5, 0.6) is 0 Å². The topological polar surface area (TPSA) is 86.8 Å². The average Bonchev–Trinajstić information content (AvgIpc) is 2.79. The highest BCUT2D eigenvalue weighted by Gasteiger charge is 2.27. The van der Waals surface area contributed by atoms with Crippen molar-refractivity contribution in [1.82, 2.24) is 10.2 Å². The van der Waals surface area contributed by atoms with Gasteiger partial charge in [-0.3, -0.25) is 13.9 Å². The van der Waals surface area contributed by atoms with Crippen LogP contribution in [0.3, 0.4) is 0 Å². The van der Waals surface area contributed by atoms with E-state index in [0.717, 1.165) is 22.7 Å². The van der Waals surface area contributed by atoms with Crippen molar-refractivity contribution < 1.29 is 18.0 Å². The molecule has 0 spiro atoms. The summed E-state index contributed by atoms with van der Waals surface area (Å²) in [4.78, 5) is 27.6. The maximum absolute atomic E-state index is 13.3. The number of nitrogens with zero attached hydrogens (tertiary/aromatic N) is 2. The van der Waals surface area contributed by atoms with Gasteiger partial charge in [-0.05, 0) is 56.5 Å². The highest BCUT2D eigenvalue weighted by molar-refractivity contribution is 9.10. The van der Waals surface area contributed by atoms with Crippen molar-refractivity contribution in [3.63, 3.8) is 0 Å². The SMILES string of the molecule is CC[C@@H](C)NC(=O)[C@H](C)N(Cc1cccc(Br)c1)C(=O)CCCN(c1ccccc1)S(C)(=O)=O. The molecule has 0 radical (unpaired) electrons. The zero-order valence-electron chi connectivity index (χ0n) is 20.2. The third kappa shape index (κ3) is 8.43. The van der Waals surface area contributed by atoms with Gasteiger partial charge in [-0.1, -0.05) is 53.2 Å². The second kappa shape index (κ2) is 12.9. The van der Waals surface area contributed by atoms with E-state index in [9.17, 15) is 18.0 Å². The summed E-state index contributed by atoms with van der Waals surface area (Å²) in [6, 6.07) is 15.8. The predicted octanol–water partition coefficient (Wildman–Crippen LogP) is 4.33. The molecular formula is C25H34BrN3O4S. The first-order valence-corrected chi connectivity index (χ1v) is 14.0. The molecule has 0 unspecified atom stereocenters. The minimum atomic E-state index is -3.50. The minimum Gasteiger partial charge on any atom is -0.352 e. The Kier molecular flexibility index (Phi) is 10.6. The summed E-state index contributed by atoms with van der Waals surface area (Å²) in [5.41, 5.74) is 1.46. The number of benzene rings is 2. The zero-order chi connectivity index (χ0) is 25.3. The van der Waals surface area contributed by atoms with E-state index in [1.807, 2.05) is 44.2 Å². The van der Waals surface area contributed by atoms with Gasteiger partial charge in [0, 0.05) is 30.0 Å². The fourth-order valence-corrected chi connectivity index (χ4v) is 4.89. The number of nitrogens with one attached hydrogen (secondary N) is 1. The van der Waals surface area contributed by atoms with E-state index in [1.54, 1.807) is 36.1 Å². The molecule has 0 aliphatic carbocycles. The van der Waals surface area contributed by atoms with Crippen molar-refractivity contribution in [3.8, 4) is 0 Å². The van der Waals surface area contributed by atoms with Crippen molar-refractivity contribution in [2.45, 2.75) is 58.7 Å². The van der Waals surface area contributed by atoms with Crippen LogP contribution in [0.25, 0.3) is 0 Å². The molecule has 2 aromatic rings. The van der Waals surface area contributed by atoms with E-state index >= 15 is 0 Å². The predicted molar refractivity (Wildman–Crippen MR) is 140 cm³/mol. The van der Waals surface area contributed by atoms with Crippen molar-refractivity contribution in [2.75, 3.05) is 17.1 Å². The first-order valence-electron chi connectivity index (χ1n) is 11.4. The molecule has 0 fully saturated rings. The van der Waals surface area contributed by atoms with Crippen LogP contribution in [-0.2, 0) is 26.2 Å². The van der Waals surface area contributed by atoms with Crippen LogP contribution in [0.2, 0.25) is 0 Å². The van der Waals surface area contributed by atoms with Crippen LogP contribution in [0.15, 0.2) is 59.1 Å².